The Balaban J connectivity index is 3.70. The average molecular weight is 619 g/mol. The number of hydrogen-bond donors (Lipinski definition) is 0. The summed E-state index contributed by atoms with van der Waals surface area (Å²) in [5, 5.41) is 0. The molecule has 44 heavy (non-hydrogen) atoms. The van der Waals surface area contributed by atoms with Crippen LogP contribution in [0.15, 0.2) is 24.3 Å². The fourth-order valence-electron chi connectivity index (χ4n) is 5.29. The predicted molar refractivity (Wildman–Crippen MR) is 186 cm³/mol. The Morgan fingerprint density at radius 1 is 0.455 bits per heavy atom. The summed E-state index contributed by atoms with van der Waals surface area (Å²) in [6, 6.07) is 0. The van der Waals surface area contributed by atoms with Crippen LogP contribution in [0.25, 0.3) is 0 Å². The molecule has 0 aromatic rings. The molecule has 5 heteroatoms. The first-order valence-electron chi connectivity index (χ1n) is 18.8. The molecular weight excluding hydrogens is 548 g/mol. The lowest BCUT2D eigenvalue weighted by Gasteiger charge is -2.16. The largest absolute Gasteiger partial charge is 0.425 e. The molecule has 5 nitrogen and oxygen atoms in total. The number of unbranched alkanes of at least 4 members (excludes halogenated alkanes) is 22. The molecule has 0 spiro atoms. The zero-order chi connectivity index (χ0) is 32.2. The van der Waals surface area contributed by atoms with Crippen LogP contribution in [-0.2, 0) is 23.9 Å². The summed E-state index contributed by atoms with van der Waals surface area (Å²) in [7, 11) is 0. The van der Waals surface area contributed by atoms with Gasteiger partial charge in [-0.05, 0) is 64.2 Å². The maximum Gasteiger partial charge on any atom is 0.308 e. The highest BCUT2D eigenvalue weighted by Gasteiger charge is 2.18. The zero-order valence-electron chi connectivity index (χ0n) is 29.0. The molecule has 0 aromatic heterocycles. The van der Waals surface area contributed by atoms with Gasteiger partial charge in [-0.25, -0.2) is 0 Å². The maximum atomic E-state index is 12.2. The van der Waals surface area contributed by atoms with Crippen LogP contribution in [0, 0.1) is 0 Å². The summed E-state index contributed by atoms with van der Waals surface area (Å²) >= 11 is 0. The lowest BCUT2D eigenvalue weighted by atomic mass is 10.1. The van der Waals surface area contributed by atoms with E-state index in [1.807, 2.05) is 0 Å². The van der Waals surface area contributed by atoms with E-state index < -0.39 is 18.2 Å². The van der Waals surface area contributed by atoms with Crippen LogP contribution in [0.5, 0.6) is 0 Å². The van der Waals surface area contributed by atoms with Crippen LogP contribution in [0.1, 0.15) is 200 Å². The summed E-state index contributed by atoms with van der Waals surface area (Å²) < 4.78 is 10.6. The van der Waals surface area contributed by atoms with E-state index in [-0.39, 0.29) is 6.42 Å². The monoisotopic (exact) mass is 619 g/mol. The van der Waals surface area contributed by atoms with Gasteiger partial charge in [0, 0.05) is 12.8 Å². The Kier molecular flexibility index (Phi) is 34.0. The third-order valence-corrected chi connectivity index (χ3v) is 8.10. The van der Waals surface area contributed by atoms with Crippen molar-refractivity contribution in [2.75, 3.05) is 0 Å². The number of ether oxygens (including phenoxy) is 2. The van der Waals surface area contributed by atoms with E-state index in [2.05, 4.69) is 38.2 Å². The van der Waals surface area contributed by atoms with Gasteiger partial charge in [0.15, 0.2) is 0 Å². The molecule has 0 aliphatic carbocycles. The van der Waals surface area contributed by atoms with Gasteiger partial charge in [-0.2, -0.15) is 0 Å². The molecular formula is C39H70O5. The Bertz CT molecular complexity index is 645. The van der Waals surface area contributed by atoms with Crippen LogP contribution < -0.4 is 0 Å². The number of hydrogen-bond acceptors (Lipinski definition) is 5. The number of esters is 2. The Hall–Kier alpha value is -1.91. The topological polar surface area (TPSA) is 69.7 Å². The SMILES string of the molecule is CCCCCCCCC=CCCCCCCCC(=O)OC(CC=O)OC(=O)CCCCCCCC=CCCCCCCCC. The zero-order valence-corrected chi connectivity index (χ0v) is 29.0. The first kappa shape index (κ1) is 42.1. The second-order valence-corrected chi connectivity index (χ2v) is 12.5. The van der Waals surface area contributed by atoms with Gasteiger partial charge in [-0.3, -0.25) is 9.59 Å². The molecule has 0 aliphatic rings. The molecule has 0 aromatic carbocycles. The fourth-order valence-corrected chi connectivity index (χ4v) is 5.29. The Labute approximate surface area is 272 Å². The van der Waals surface area contributed by atoms with Gasteiger partial charge in [0.05, 0.1) is 6.42 Å². The van der Waals surface area contributed by atoms with Crippen molar-refractivity contribution in [2.24, 2.45) is 0 Å². The molecule has 256 valence electrons. The van der Waals surface area contributed by atoms with E-state index in [0.29, 0.717) is 19.1 Å². The number of carbonyl (C=O) groups excluding carboxylic acids is 3. The van der Waals surface area contributed by atoms with E-state index in [1.54, 1.807) is 0 Å². The van der Waals surface area contributed by atoms with Gasteiger partial charge in [-0.15, -0.1) is 0 Å². The normalized spacial score (nSPS) is 12.2. The summed E-state index contributed by atoms with van der Waals surface area (Å²) in [5.41, 5.74) is 0. The van der Waals surface area contributed by atoms with Crippen molar-refractivity contribution in [3.05, 3.63) is 24.3 Å². The summed E-state index contributed by atoms with van der Waals surface area (Å²) in [4.78, 5) is 35.4. The summed E-state index contributed by atoms with van der Waals surface area (Å²) in [6.45, 7) is 4.51. The standard InChI is InChI=1S/C39H70O5/c1-3-5-7-9-11-13-15-17-19-21-23-25-27-29-31-33-37(41)43-39(35-36-40)44-38(42)34-32-30-28-26-24-22-20-18-16-14-12-10-8-6-4-2/h17-20,36,39H,3-16,21-35H2,1-2H3. The second kappa shape index (κ2) is 35.6. The minimum Gasteiger partial charge on any atom is -0.425 e. The van der Waals surface area contributed by atoms with E-state index in [1.165, 1.54) is 103 Å². The van der Waals surface area contributed by atoms with Crippen molar-refractivity contribution in [2.45, 2.75) is 206 Å². The van der Waals surface area contributed by atoms with Gasteiger partial charge in [-0.1, -0.05) is 141 Å². The van der Waals surface area contributed by atoms with Crippen LogP contribution in [0.4, 0.5) is 0 Å². The highest BCUT2D eigenvalue weighted by molar-refractivity contribution is 5.72. The van der Waals surface area contributed by atoms with Gasteiger partial charge in [0.25, 0.3) is 6.29 Å². The number of aldehydes is 1. The van der Waals surface area contributed by atoms with Crippen LogP contribution in [0.2, 0.25) is 0 Å². The first-order chi connectivity index (χ1) is 21.6. The molecule has 0 saturated carbocycles. The first-order valence-corrected chi connectivity index (χ1v) is 18.8. The van der Waals surface area contributed by atoms with Crippen LogP contribution in [0.3, 0.4) is 0 Å². The molecule has 0 aliphatic heterocycles. The van der Waals surface area contributed by atoms with Gasteiger partial charge < -0.3 is 14.3 Å². The molecule has 0 atom stereocenters. The van der Waals surface area contributed by atoms with Crippen molar-refractivity contribution in [1.82, 2.24) is 0 Å². The van der Waals surface area contributed by atoms with E-state index in [9.17, 15) is 14.4 Å². The van der Waals surface area contributed by atoms with Crippen molar-refractivity contribution >= 4 is 18.2 Å². The van der Waals surface area contributed by atoms with Gasteiger partial charge in [0.2, 0.25) is 0 Å². The minimum absolute atomic E-state index is 0.115. The quantitative estimate of drug-likeness (QED) is 0.0236. The fraction of sp³-hybridized carbons (Fsp3) is 0.821. The lowest BCUT2D eigenvalue weighted by molar-refractivity contribution is -0.188. The number of rotatable bonds is 34. The molecule has 0 radical (unpaired) electrons. The number of allylic oxidation sites excluding steroid dienone is 4. The van der Waals surface area contributed by atoms with Crippen molar-refractivity contribution in [3.63, 3.8) is 0 Å². The summed E-state index contributed by atoms with van der Waals surface area (Å²) in [5.74, 6) is -0.799. The Morgan fingerprint density at radius 2 is 0.750 bits per heavy atom. The predicted octanol–water partition coefficient (Wildman–Crippen LogP) is 12.1. The molecule has 0 amide bonds. The second-order valence-electron chi connectivity index (χ2n) is 12.5. The third kappa shape index (κ3) is 33.0. The average Bonchev–Trinajstić information content (AvgIpc) is 3.01. The molecule has 0 bridgehead atoms. The number of carbonyl (C=O) groups is 3. The van der Waals surface area contributed by atoms with Gasteiger partial charge in [0.1, 0.15) is 6.29 Å². The molecule has 0 heterocycles. The smallest absolute Gasteiger partial charge is 0.308 e. The van der Waals surface area contributed by atoms with Crippen LogP contribution in [-0.4, -0.2) is 24.5 Å². The highest BCUT2D eigenvalue weighted by atomic mass is 16.7. The van der Waals surface area contributed by atoms with Gasteiger partial charge >= 0.3 is 11.9 Å². The van der Waals surface area contributed by atoms with Crippen molar-refractivity contribution < 1.29 is 23.9 Å². The van der Waals surface area contributed by atoms with Crippen molar-refractivity contribution in [3.8, 4) is 0 Å². The van der Waals surface area contributed by atoms with E-state index in [4.69, 9.17) is 9.47 Å². The highest BCUT2D eigenvalue weighted by Crippen LogP contribution is 2.13. The molecule has 0 unspecified atom stereocenters. The van der Waals surface area contributed by atoms with Crippen molar-refractivity contribution in [1.29, 1.82) is 0 Å². The lowest BCUT2D eigenvalue weighted by Crippen LogP contribution is -2.25. The van der Waals surface area contributed by atoms with Crippen LogP contribution >= 0.6 is 0 Å². The van der Waals surface area contributed by atoms with E-state index >= 15 is 0 Å². The third-order valence-electron chi connectivity index (χ3n) is 8.10. The molecule has 0 saturated heterocycles. The summed E-state index contributed by atoms with van der Waals surface area (Å²) in [6.07, 6.45) is 40.5. The molecule has 0 rings (SSSR count). The molecule has 0 N–H and O–H groups in total. The minimum atomic E-state index is -1.10. The Morgan fingerprint density at radius 3 is 1.07 bits per heavy atom. The van der Waals surface area contributed by atoms with E-state index in [0.717, 1.165) is 64.2 Å². The molecule has 0 fully saturated rings. The maximum absolute atomic E-state index is 12.2.